The molecule has 0 radical (unpaired) electrons. The molecule has 0 saturated heterocycles. The van der Waals surface area contributed by atoms with Crippen LogP contribution in [0.3, 0.4) is 0 Å². The van der Waals surface area contributed by atoms with Crippen molar-refractivity contribution in [1.82, 2.24) is 10.6 Å². The van der Waals surface area contributed by atoms with E-state index in [4.69, 9.17) is 10.1 Å². The standard InChI is InChI=1S/C15H20FN3O3/c1-5-9-6-10(8-11(16)7-9)12(20)18-13(17)19-14(21)22-15(2,3)4/h6-8H,5H2,1-4H3,(H3,17,18,19,20,21). The van der Waals surface area contributed by atoms with Gasteiger partial charge in [0.25, 0.3) is 5.91 Å². The van der Waals surface area contributed by atoms with Gasteiger partial charge in [0.2, 0.25) is 5.96 Å². The second kappa shape index (κ2) is 7.02. The Kier molecular flexibility index (Phi) is 5.62. The van der Waals surface area contributed by atoms with Crippen LogP contribution in [0.15, 0.2) is 18.2 Å². The van der Waals surface area contributed by atoms with E-state index < -0.39 is 29.4 Å². The summed E-state index contributed by atoms with van der Waals surface area (Å²) in [5.74, 6) is -1.76. The van der Waals surface area contributed by atoms with Gasteiger partial charge in [0.1, 0.15) is 11.4 Å². The number of carbonyl (C=O) groups excluding carboxylic acids is 2. The fourth-order valence-corrected chi connectivity index (χ4v) is 1.61. The van der Waals surface area contributed by atoms with Gasteiger partial charge in [-0.15, -0.1) is 0 Å². The average molecular weight is 309 g/mol. The number of halogens is 1. The maximum absolute atomic E-state index is 13.4. The molecule has 22 heavy (non-hydrogen) atoms. The predicted molar refractivity (Wildman–Crippen MR) is 80.3 cm³/mol. The maximum Gasteiger partial charge on any atom is 0.414 e. The lowest BCUT2D eigenvalue weighted by atomic mass is 10.1. The first-order valence-corrected chi connectivity index (χ1v) is 6.80. The van der Waals surface area contributed by atoms with Crippen molar-refractivity contribution in [3.63, 3.8) is 0 Å². The van der Waals surface area contributed by atoms with Gasteiger partial charge < -0.3 is 4.74 Å². The average Bonchev–Trinajstić information content (AvgIpc) is 2.35. The molecule has 6 nitrogen and oxygen atoms in total. The smallest absolute Gasteiger partial charge is 0.414 e. The lowest BCUT2D eigenvalue weighted by molar-refractivity contribution is 0.0561. The van der Waals surface area contributed by atoms with E-state index in [0.717, 1.165) is 6.07 Å². The first-order chi connectivity index (χ1) is 10.1. The zero-order valence-electron chi connectivity index (χ0n) is 13.0. The monoisotopic (exact) mass is 309 g/mol. The van der Waals surface area contributed by atoms with Gasteiger partial charge in [0, 0.05) is 5.56 Å². The number of hydrogen-bond acceptors (Lipinski definition) is 4. The van der Waals surface area contributed by atoms with Crippen molar-refractivity contribution in [2.75, 3.05) is 0 Å². The molecule has 0 aliphatic heterocycles. The summed E-state index contributed by atoms with van der Waals surface area (Å²) in [5.41, 5.74) is 0.0248. The SMILES string of the molecule is CCc1cc(F)cc(C(=O)NC(=N)NC(=O)OC(C)(C)C)c1. The lowest BCUT2D eigenvalue weighted by Crippen LogP contribution is -2.45. The zero-order valence-corrected chi connectivity index (χ0v) is 13.0. The molecule has 0 atom stereocenters. The lowest BCUT2D eigenvalue weighted by Gasteiger charge is -2.19. The van der Waals surface area contributed by atoms with Crippen LogP contribution in [-0.4, -0.2) is 23.6 Å². The van der Waals surface area contributed by atoms with E-state index in [1.165, 1.54) is 12.1 Å². The number of aryl methyl sites for hydroxylation is 1. The van der Waals surface area contributed by atoms with Gasteiger partial charge >= 0.3 is 6.09 Å². The van der Waals surface area contributed by atoms with Gasteiger partial charge in [-0.05, 0) is 51.0 Å². The van der Waals surface area contributed by atoms with Gasteiger partial charge in [-0.2, -0.15) is 0 Å². The summed E-state index contributed by atoms with van der Waals surface area (Å²) >= 11 is 0. The van der Waals surface area contributed by atoms with Crippen molar-refractivity contribution >= 4 is 18.0 Å². The van der Waals surface area contributed by atoms with E-state index in [9.17, 15) is 14.0 Å². The van der Waals surface area contributed by atoms with Crippen molar-refractivity contribution in [2.45, 2.75) is 39.7 Å². The van der Waals surface area contributed by atoms with Crippen molar-refractivity contribution < 1.29 is 18.7 Å². The van der Waals surface area contributed by atoms with E-state index in [2.05, 4.69) is 10.6 Å². The second-order valence-corrected chi connectivity index (χ2v) is 5.66. The molecular weight excluding hydrogens is 289 g/mol. The van der Waals surface area contributed by atoms with Crippen molar-refractivity contribution in [1.29, 1.82) is 5.41 Å². The molecule has 0 saturated carbocycles. The van der Waals surface area contributed by atoms with E-state index in [-0.39, 0.29) is 5.56 Å². The van der Waals surface area contributed by atoms with Crippen LogP contribution < -0.4 is 10.6 Å². The Labute approximate surface area is 128 Å². The normalized spacial score (nSPS) is 10.8. The van der Waals surface area contributed by atoms with Crippen molar-refractivity contribution in [2.24, 2.45) is 0 Å². The Morgan fingerprint density at radius 3 is 2.41 bits per heavy atom. The van der Waals surface area contributed by atoms with Gasteiger partial charge in [-0.3, -0.25) is 20.8 Å². The highest BCUT2D eigenvalue weighted by Gasteiger charge is 2.18. The number of benzene rings is 1. The molecule has 0 aromatic heterocycles. The van der Waals surface area contributed by atoms with Crippen LogP contribution in [0.25, 0.3) is 0 Å². The molecular formula is C15H20FN3O3. The zero-order chi connectivity index (χ0) is 16.9. The first-order valence-electron chi connectivity index (χ1n) is 6.80. The third-order valence-corrected chi connectivity index (χ3v) is 2.49. The van der Waals surface area contributed by atoms with Gasteiger partial charge in [-0.1, -0.05) is 6.92 Å². The minimum absolute atomic E-state index is 0.0765. The Bertz CT molecular complexity index is 594. The molecule has 0 aliphatic carbocycles. The number of alkyl carbamates (subject to hydrolysis) is 1. The third kappa shape index (κ3) is 5.90. The fourth-order valence-electron chi connectivity index (χ4n) is 1.61. The molecule has 2 amide bonds. The summed E-state index contributed by atoms with van der Waals surface area (Å²) in [6.45, 7) is 6.86. The summed E-state index contributed by atoms with van der Waals surface area (Å²) in [6, 6.07) is 3.93. The Morgan fingerprint density at radius 1 is 1.23 bits per heavy atom. The van der Waals surface area contributed by atoms with Crippen molar-refractivity contribution in [3.8, 4) is 0 Å². The number of rotatable bonds is 2. The Balaban J connectivity index is 2.67. The number of carbonyl (C=O) groups is 2. The highest BCUT2D eigenvalue weighted by molar-refractivity contribution is 6.07. The van der Waals surface area contributed by atoms with E-state index in [1.807, 2.05) is 6.92 Å². The second-order valence-electron chi connectivity index (χ2n) is 5.66. The molecule has 120 valence electrons. The Hall–Kier alpha value is -2.44. The largest absolute Gasteiger partial charge is 0.444 e. The van der Waals surface area contributed by atoms with Gasteiger partial charge in [0.05, 0.1) is 0 Å². The molecule has 7 heteroatoms. The topological polar surface area (TPSA) is 91.3 Å². The number of nitrogens with one attached hydrogen (secondary N) is 3. The highest BCUT2D eigenvalue weighted by Crippen LogP contribution is 2.10. The predicted octanol–water partition coefficient (Wildman–Crippen LogP) is 2.58. The van der Waals surface area contributed by atoms with Crippen LogP contribution in [0.4, 0.5) is 9.18 Å². The molecule has 0 aliphatic rings. The van der Waals surface area contributed by atoms with E-state index >= 15 is 0 Å². The summed E-state index contributed by atoms with van der Waals surface area (Å²) in [4.78, 5) is 23.4. The van der Waals surface area contributed by atoms with E-state index in [0.29, 0.717) is 12.0 Å². The van der Waals surface area contributed by atoms with E-state index in [1.54, 1.807) is 20.8 Å². The highest BCUT2D eigenvalue weighted by atomic mass is 19.1. The molecule has 0 heterocycles. The van der Waals surface area contributed by atoms with Gasteiger partial charge in [0.15, 0.2) is 0 Å². The number of ether oxygens (including phenoxy) is 1. The van der Waals surface area contributed by atoms with Crippen LogP contribution in [0, 0.1) is 11.2 Å². The summed E-state index contributed by atoms with van der Waals surface area (Å²) in [7, 11) is 0. The van der Waals surface area contributed by atoms with Crippen LogP contribution in [0.2, 0.25) is 0 Å². The molecule has 1 rings (SSSR count). The van der Waals surface area contributed by atoms with Gasteiger partial charge in [-0.25, -0.2) is 9.18 Å². The molecule has 0 spiro atoms. The minimum Gasteiger partial charge on any atom is -0.444 e. The molecule has 0 unspecified atom stereocenters. The number of amides is 2. The molecule has 0 fully saturated rings. The minimum atomic E-state index is -0.855. The maximum atomic E-state index is 13.4. The van der Waals surface area contributed by atoms with Crippen LogP contribution in [0.5, 0.6) is 0 Å². The van der Waals surface area contributed by atoms with Crippen LogP contribution >= 0.6 is 0 Å². The van der Waals surface area contributed by atoms with Crippen LogP contribution in [-0.2, 0) is 11.2 Å². The fraction of sp³-hybridized carbons (Fsp3) is 0.400. The Morgan fingerprint density at radius 2 is 1.86 bits per heavy atom. The molecule has 1 aromatic carbocycles. The third-order valence-electron chi connectivity index (χ3n) is 2.49. The quantitative estimate of drug-likeness (QED) is 0.579. The molecule has 1 aromatic rings. The van der Waals surface area contributed by atoms with Crippen LogP contribution in [0.1, 0.15) is 43.6 Å². The number of guanidine groups is 1. The summed E-state index contributed by atoms with van der Waals surface area (Å²) in [6.07, 6.45) is -0.280. The molecule has 0 bridgehead atoms. The summed E-state index contributed by atoms with van der Waals surface area (Å²) in [5, 5.41) is 11.8. The number of hydrogen-bond donors (Lipinski definition) is 3. The van der Waals surface area contributed by atoms with Crippen molar-refractivity contribution in [3.05, 3.63) is 35.1 Å². The first kappa shape index (κ1) is 17.6. The molecule has 3 N–H and O–H groups in total. The summed E-state index contributed by atoms with van der Waals surface area (Å²) < 4.78 is 18.3.